The van der Waals surface area contributed by atoms with E-state index in [1.54, 1.807) is 0 Å². The van der Waals surface area contributed by atoms with Crippen molar-refractivity contribution in [3.63, 3.8) is 0 Å². The lowest BCUT2D eigenvalue weighted by Gasteiger charge is -1.98. The Labute approximate surface area is 84.7 Å². The monoisotopic (exact) mass is 214 g/mol. The van der Waals surface area contributed by atoms with Gasteiger partial charge in [-0.25, -0.2) is 14.3 Å². The molecule has 1 amide bonds. The summed E-state index contributed by atoms with van der Waals surface area (Å²) in [4.78, 5) is 24.2. The van der Waals surface area contributed by atoms with Crippen molar-refractivity contribution in [1.82, 2.24) is 14.9 Å². The van der Waals surface area contributed by atoms with E-state index < -0.39 is 11.0 Å². The highest BCUT2D eigenvalue weighted by atomic mass is 16.6. The van der Waals surface area contributed by atoms with Crippen LogP contribution in [0, 0.1) is 17.0 Å². The third kappa shape index (κ3) is 2.22. The van der Waals surface area contributed by atoms with E-state index in [0.29, 0.717) is 5.82 Å². The Bertz CT molecular complexity index is 411. The molecule has 82 valence electrons. The fourth-order valence-corrected chi connectivity index (χ4v) is 1.25. The summed E-state index contributed by atoms with van der Waals surface area (Å²) < 4.78 is 1.26. The molecule has 1 heterocycles. The molecular formula is C7H10N4O4. The third-order valence-corrected chi connectivity index (χ3v) is 1.90. The van der Waals surface area contributed by atoms with Crippen molar-refractivity contribution in [3.05, 3.63) is 21.6 Å². The molecule has 0 radical (unpaired) electrons. The summed E-state index contributed by atoms with van der Waals surface area (Å²) in [5, 5.41) is 21.1. The molecule has 8 nitrogen and oxygen atoms in total. The van der Waals surface area contributed by atoms with Gasteiger partial charge >= 0.3 is 11.9 Å². The predicted molar refractivity (Wildman–Crippen MR) is 49.5 cm³/mol. The Morgan fingerprint density at radius 3 is 2.73 bits per heavy atom. The molecule has 1 aromatic heterocycles. The standard InChI is InChI=1S/C7H10N4O4/c1-4-6(11(14)15)10(2)5(9-4)3-8-7(12)13/h8H,3H2,1-2H3,(H,12,13). The van der Waals surface area contributed by atoms with Crippen molar-refractivity contribution in [1.29, 1.82) is 0 Å². The van der Waals surface area contributed by atoms with Gasteiger partial charge in [0.15, 0.2) is 0 Å². The molecule has 0 aromatic carbocycles. The normalized spacial score (nSPS) is 10.0. The van der Waals surface area contributed by atoms with Crippen molar-refractivity contribution >= 4 is 11.9 Å². The number of aromatic nitrogens is 2. The Hall–Kier alpha value is -2.12. The van der Waals surface area contributed by atoms with Crippen LogP contribution in [0.4, 0.5) is 10.6 Å². The van der Waals surface area contributed by atoms with Crippen LogP contribution >= 0.6 is 0 Å². The van der Waals surface area contributed by atoms with Crippen molar-refractivity contribution in [3.8, 4) is 0 Å². The summed E-state index contributed by atoms with van der Waals surface area (Å²) in [6.45, 7) is 1.45. The number of imidazole rings is 1. The van der Waals surface area contributed by atoms with Crippen molar-refractivity contribution in [2.75, 3.05) is 0 Å². The third-order valence-electron chi connectivity index (χ3n) is 1.90. The van der Waals surface area contributed by atoms with E-state index in [4.69, 9.17) is 5.11 Å². The topological polar surface area (TPSA) is 110 Å². The molecule has 0 aliphatic heterocycles. The number of amides is 1. The SMILES string of the molecule is Cc1nc(CNC(=O)O)n(C)c1[N+](=O)[O-]. The van der Waals surface area contributed by atoms with Gasteiger partial charge in [0, 0.05) is 0 Å². The fourth-order valence-electron chi connectivity index (χ4n) is 1.25. The fraction of sp³-hybridized carbons (Fsp3) is 0.429. The molecule has 1 rings (SSSR count). The maximum atomic E-state index is 10.6. The molecule has 15 heavy (non-hydrogen) atoms. The first-order valence-corrected chi connectivity index (χ1v) is 4.07. The molecule has 0 fully saturated rings. The minimum absolute atomic E-state index is 0.0550. The Kier molecular flexibility index (Phi) is 2.88. The lowest BCUT2D eigenvalue weighted by Crippen LogP contribution is -2.22. The molecule has 0 aliphatic carbocycles. The number of nitrogens with one attached hydrogen (secondary N) is 1. The quantitative estimate of drug-likeness (QED) is 0.559. The van der Waals surface area contributed by atoms with Crippen LogP contribution in [0.5, 0.6) is 0 Å². The van der Waals surface area contributed by atoms with E-state index in [0.717, 1.165) is 0 Å². The Balaban J connectivity index is 2.96. The number of hydrogen-bond donors (Lipinski definition) is 2. The van der Waals surface area contributed by atoms with Crippen LogP contribution in [0.25, 0.3) is 0 Å². The van der Waals surface area contributed by atoms with Gasteiger partial charge in [-0.1, -0.05) is 0 Å². The minimum Gasteiger partial charge on any atom is -0.465 e. The molecule has 0 saturated carbocycles. The largest absolute Gasteiger partial charge is 0.465 e. The van der Waals surface area contributed by atoms with Crippen molar-refractivity contribution < 1.29 is 14.8 Å². The first-order chi connectivity index (χ1) is 6.93. The highest BCUT2D eigenvalue weighted by Gasteiger charge is 2.21. The van der Waals surface area contributed by atoms with Gasteiger partial charge in [0.05, 0.1) is 7.05 Å². The van der Waals surface area contributed by atoms with E-state index in [1.807, 2.05) is 0 Å². The maximum absolute atomic E-state index is 10.6. The predicted octanol–water partition coefficient (Wildman–Crippen LogP) is 0.404. The smallest absolute Gasteiger partial charge is 0.405 e. The number of rotatable bonds is 3. The van der Waals surface area contributed by atoms with Crippen molar-refractivity contribution in [2.45, 2.75) is 13.5 Å². The summed E-state index contributed by atoms with van der Waals surface area (Å²) in [5.41, 5.74) is 0.268. The van der Waals surface area contributed by atoms with Gasteiger partial charge in [-0.2, -0.15) is 0 Å². The van der Waals surface area contributed by atoms with E-state index in [1.165, 1.54) is 18.5 Å². The zero-order valence-corrected chi connectivity index (χ0v) is 8.22. The summed E-state index contributed by atoms with van der Waals surface area (Å²) >= 11 is 0. The molecular weight excluding hydrogens is 204 g/mol. The summed E-state index contributed by atoms with van der Waals surface area (Å²) in [6, 6.07) is 0. The van der Waals surface area contributed by atoms with E-state index >= 15 is 0 Å². The molecule has 8 heteroatoms. The van der Waals surface area contributed by atoms with Crippen LogP contribution < -0.4 is 5.32 Å². The van der Waals surface area contributed by atoms with Crippen molar-refractivity contribution in [2.24, 2.45) is 7.05 Å². The number of carbonyl (C=O) groups is 1. The molecule has 0 atom stereocenters. The van der Waals surface area contributed by atoms with E-state index in [2.05, 4.69) is 10.3 Å². The summed E-state index contributed by atoms with van der Waals surface area (Å²) in [6.07, 6.45) is -1.20. The molecule has 0 unspecified atom stereocenters. The Morgan fingerprint density at radius 1 is 1.73 bits per heavy atom. The van der Waals surface area contributed by atoms with Gasteiger partial charge in [-0.3, -0.25) is 0 Å². The lowest BCUT2D eigenvalue weighted by atomic mass is 10.5. The van der Waals surface area contributed by atoms with Crippen LogP contribution in [-0.2, 0) is 13.6 Å². The van der Waals surface area contributed by atoms with Gasteiger partial charge in [0.1, 0.15) is 12.2 Å². The number of aryl methyl sites for hydroxylation is 1. The first kappa shape index (κ1) is 11.0. The van der Waals surface area contributed by atoms with Gasteiger partial charge < -0.3 is 20.5 Å². The lowest BCUT2D eigenvalue weighted by molar-refractivity contribution is -0.392. The summed E-state index contributed by atoms with van der Waals surface area (Å²) in [5.74, 6) is 0.179. The van der Waals surface area contributed by atoms with Gasteiger partial charge in [0.2, 0.25) is 5.82 Å². The first-order valence-electron chi connectivity index (χ1n) is 4.07. The number of hydrogen-bond acceptors (Lipinski definition) is 4. The van der Waals surface area contributed by atoms with Crippen LogP contribution in [0.2, 0.25) is 0 Å². The molecule has 0 saturated heterocycles. The average molecular weight is 214 g/mol. The number of nitrogens with zero attached hydrogens (tertiary/aromatic N) is 3. The average Bonchev–Trinajstić information content (AvgIpc) is 2.37. The van der Waals surface area contributed by atoms with Crippen LogP contribution in [0.1, 0.15) is 11.5 Å². The highest BCUT2D eigenvalue weighted by Crippen LogP contribution is 2.17. The van der Waals surface area contributed by atoms with Crippen LogP contribution in [-0.4, -0.2) is 25.7 Å². The highest BCUT2D eigenvalue weighted by molar-refractivity contribution is 5.64. The minimum atomic E-state index is -1.20. The molecule has 1 aromatic rings. The maximum Gasteiger partial charge on any atom is 0.405 e. The van der Waals surface area contributed by atoms with Gasteiger partial charge in [-0.05, 0) is 11.8 Å². The Morgan fingerprint density at radius 2 is 2.33 bits per heavy atom. The molecule has 0 aliphatic rings. The zero-order chi connectivity index (χ0) is 11.6. The zero-order valence-electron chi connectivity index (χ0n) is 8.22. The van der Waals surface area contributed by atoms with Crippen LogP contribution in [0.3, 0.4) is 0 Å². The second kappa shape index (κ2) is 3.95. The number of nitro groups is 1. The number of carboxylic acid groups (broad SMARTS) is 1. The van der Waals surface area contributed by atoms with Gasteiger partial charge in [-0.15, -0.1) is 0 Å². The summed E-state index contributed by atoms with van der Waals surface area (Å²) in [7, 11) is 1.47. The second-order valence-corrected chi connectivity index (χ2v) is 2.91. The van der Waals surface area contributed by atoms with E-state index in [9.17, 15) is 14.9 Å². The van der Waals surface area contributed by atoms with Crippen LogP contribution in [0.15, 0.2) is 0 Å². The van der Waals surface area contributed by atoms with Gasteiger partial charge in [0.25, 0.3) is 0 Å². The molecule has 2 N–H and O–H groups in total. The second-order valence-electron chi connectivity index (χ2n) is 2.91. The molecule has 0 bridgehead atoms. The molecule has 0 spiro atoms. The van der Waals surface area contributed by atoms with E-state index in [-0.39, 0.29) is 18.1 Å².